The van der Waals surface area contributed by atoms with Crippen molar-refractivity contribution in [2.75, 3.05) is 0 Å². The molecule has 0 bridgehead atoms. The first-order valence-electron chi connectivity index (χ1n) is 5.06. The highest BCUT2D eigenvalue weighted by molar-refractivity contribution is 5.90. The smallest absolute Gasteiger partial charge is 0.339 e. The van der Waals surface area contributed by atoms with E-state index in [-0.39, 0.29) is 11.3 Å². The highest BCUT2D eigenvalue weighted by Gasteiger charge is 2.09. The predicted octanol–water partition coefficient (Wildman–Crippen LogP) is 2.68. The van der Waals surface area contributed by atoms with Gasteiger partial charge < -0.3 is 10.2 Å². The van der Waals surface area contributed by atoms with Crippen molar-refractivity contribution in [3.63, 3.8) is 0 Å². The fourth-order valence-corrected chi connectivity index (χ4v) is 1.37. The molecule has 1 rings (SSSR count). The molecule has 1 aromatic rings. The third-order valence-electron chi connectivity index (χ3n) is 2.30. The average Bonchev–Trinajstić information content (AvgIpc) is 2.14. The number of phenols is 1. The second kappa shape index (κ2) is 4.82. The lowest BCUT2D eigenvalue weighted by atomic mass is 10.0. The number of hydrogen-bond acceptors (Lipinski definition) is 2. The first-order chi connectivity index (χ1) is 7.00. The van der Waals surface area contributed by atoms with Crippen LogP contribution in [0.25, 0.3) is 0 Å². The second-order valence-corrected chi connectivity index (χ2v) is 4.09. The van der Waals surface area contributed by atoms with Gasteiger partial charge in [-0.25, -0.2) is 4.79 Å². The summed E-state index contributed by atoms with van der Waals surface area (Å²) in [6.45, 7) is 4.26. The minimum absolute atomic E-state index is 0.0386. The maximum absolute atomic E-state index is 10.6. The highest BCUT2D eigenvalue weighted by atomic mass is 16.4. The Balaban J connectivity index is 2.78. The Morgan fingerprint density at radius 2 is 2.07 bits per heavy atom. The molecule has 15 heavy (non-hydrogen) atoms. The molecule has 0 unspecified atom stereocenters. The van der Waals surface area contributed by atoms with E-state index in [0.29, 0.717) is 5.92 Å². The third kappa shape index (κ3) is 3.27. The van der Waals surface area contributed by atoms with Crippen molar-refractivity contribution >= 4 is 5.97 Å². The van der Waals surface area contributed by atoms with E-state index in [9.17, 15) is 9.90 Å². The monoisotopic (exact) mass is 208 g/mol. The van der Waals surface area contributed by atoms with Gasteiger partial charge in [0.05, 0.1) is 0 Å². The number of carboxylic acid groups (broad SMARTS) is 1. The van der Waals surface area contributed by atoms with Crippen LogP contribution in [0.3, 0.4) is 0 Å². The van der Waals surface area contributed by atoms with Crippen molar-refractivity contribution in [1.29, 1.82) is 0 Å². The molecule has 0 saturated heterocycles. The fraction of sp³-hybridized carbons (Fsp3) is 0.417. The maximum atomic E-state index is 10.6. The zero-order chi connectivity index (χ0) is 11.4. The van der Waals surface area contributed by atoms with Gasteiger partial charge in [0, 0.05) is 0 Å². The minimum atomic E-state index is -1.09. The lowest BCUT2D eigenvalue weighted by molar-refractivity contribution is 0.0693. The molecule has 0 aliphatic carbocycles. The number of carboxylic acids is 1. The summed E-state index contributed by atoms with van der Waals surface area (Å²) in [6, 6.07) is 4.74. The zero-order valence-corrected chi connectivity index (χ0v) is 9.03. The molecule has 0 aliphatic rings. The number of aromatic carboxylic acids is 1. The molecule has 0 aliphatic heterocycles. The quantitative estimate of drug-likeness (QED) is 0.799. The van der Waals surface area contributed by atoms with Gasteiger partial charge in [-0.3, -0.25) is 0 Å². The standard InChI is InChI=1S/C12H16O3/c1-8(2)3-4-9-5-6-10(12(14)15)11(13)7-9/h5-8,13H,3-4H2,1-2H3,(H,14,15). The number of aromatic hydroxyl groups is 1. The number of aryl methyl sites for hydroxylation is 1. The first kappa shape index (κ1) is 11.6. The van der Waals surface area contributed by atoms with Crippen molar-refractivity contribution in [3.8, 4) is 5.75 Å². The van der Waals surface area contributed by atoms with Crippen molar-refractivity contribution in [1.82, 2.24) is 0 Å². The fourth-order valence-electron chi connectivity index (χ4n) is 1.37. The first-order valence-corrected chi connectivity index (χ1v) is 5.06. The van der Waals surface area contributed by atoms with Gasteiger partial charge in [-0.1, -0.05) is 19.9 Å². The van der Waals surface area contributed by atoms with Crippen LogP contribution in [0, 0.1) is 5.92 Å². The van der Waals surface area contributed by atoms with E-state index in [1.165, 1.54) is 12.1 Å². The summed E-state index contributed by atoms with van der Waals surface area (Å²) in [5.74, 6) is -0.641. The Labute approximate surface area is 89.4 Å². The number of carbonyl (C=O) groups is 1. The highest BCUT2D eigenvalue weighted by Crippen LogP contribution is 2.20. The van der Waals surface area contributed by atoms with E-state index in [1.54, 1.807) is 6.07 Å². The van der Waals surface area contributed by atoms with E-state index >= 15 is 0 Å². The van der Waals surface area contributed by atoms with Crippen LogP contribution in [0.15, 0.2) is 18.2 Å². The van der Waals surface area contributed by atoms with Crippen LogP contribution in [-0.2, 0) is 6.42 Å². The van der Waals surface area contributed by atoms with Crippen molar-refractivity contribution in [2.24, 2.45) is 5.92 Å². The molecule has 0 spiro atoms. The van der Waals surface area contributed by atoms with Gasteiger partial charge in [-0.05, 0) is 36.5 Å². The van der Waals surface area contributed by atoms with Crippen LogP contribution in [0.2, 0.25) is 0 Å². The van der Waals surface area contributed by atoms with Gasteiger partial charge in [-0.15, -0.1) is 0 Å². The van der Waals surface area contributed by atoms with Gasteiger partial charge in [0.25, 0.3) is 0 Å². The summed E-state index contributed by atoms with van der Waals surface area (Å²) in [5, 5.41) is 18.2. The van der Waals surface area contributed by atoms with E-state index in [4.69, 9.17) is 5.11 Å². The second-order valence-electron chi connectivity index (χ2n) is 4.09. The lowest BCUT2D eigenvalue weighted by Crippen LogP contribution is -1.98. The molecule has 0 heterocycles. The van der Waals surface area contributed by atoms with Crippen LogP contribution < -0.4 is 0 Å². The van der Waals surface area contributed by atoms with Crippen molar-refractivity contribution in [3.05, 3.63) is 29.3 Å². The van der Waals surface area contributed by atoms with E-state index in [2.05, 4.69) is 13.8 Å². The largest absolute Gasteiger partial charge is 0.507 e. The normalized spacial score (nSPS) is 10.6. The van der Waals surface area contributed by atoms with E-state index in [0.717, 1.165) is 18.4 Å². The maximum Gasteiger partial charge on any atom is 0.339 e. The van der Waals surface area contributed by atoms with Crippen LogP contribution >= 0.6 is 0 Å². The van der Waals surface area contributed by atoms with Crippen molar-refractivity contribution in [2.45, 2.75) is 26.7 Å². The Kier molecular flexibility index (Phi) is 3.72. The van der Waals surface area contributed by atoms with Crippen molar-refractivity contribution < 1.29 is 15.0 Å². The van der Waals surface area contributed by atoms with Crippen LogP contribution in [0.1, 0.15) is 36.2 Å². The zero-order valence-electron chi connectivity index (χ0n) is 9.03. The summed E-state index contributed by atoms with van der Waals surface area (Å²) in [6.07, 6.45) is 1.90. The number of benzene rings is 1. The van der Waals surface area contributed by atoms with E-state index < -0.39 is 5.97 Å². The summed E-state index contributed by atoms with van der Waals surface area (Å²) < 4.78 is 0. The molecule has 0 amide bonds. The average molecular weight is 208 g/mol. The van der Waals surface area contributed by atoms with Crippen LogP contribution in [0.5, 0.6) is 5.75 Å². The SMILES string of the molecule is CC(C)CCc1ccc(C(=O)O)c(O)c1. The van der Waals surface area contributed by atoms with Crippen LogP contribution in [0.4, 0.5) is 0 Å². The molecule has 0 radical (unpaired) electrons. The molecule has 0 fully saturated rings. The molecule has 0 atom stereocenters. The molecule has 0 aromatic heterocycles. The Hall–Kier alpha value is -1.51. The molecule has 82 valence electrons. The summed E-state index contributed by atoms with van der Waals surface area (Å²) in [4.78, 5) is 10.6. The topological polar surface area (TPSA) is 57.5 Å². The van der Waals surface area contributed by atoms with Gasteiger partial charge in [0.15, 0.2) is 0 Å². The van der Waals surface area contributed by atoms with Gasteiger partial charge in [0.2, 0.25) is 0 Å². The minimum Gasteiger partial charge on any atom is -0.507 e. The molecular formula is C12H16O3. The molecule has 3 heteroatoms. The predicted molar refractivity (Wildman–Crippen MR) is 58.2 cm³/mol. The number of rotatable bonds is 4. The molecule has 2 N–H and O–H groups in total. The Morgan fingerprint density at radius 3 is 2.53 bits per heavy atom. The summed E-state index contributed by atoms with van der Waals surface area (Å²) in [5.41, 5.74) is 0.939. The lowest BCUT2D eigenvalue weighted by Gasteiger charge is -2.06. The van der Waals surface area contributed by atoms with Gasteiger partial charge in [-0.2, -0.15) is 0 Å². The third-order valence-corrected chi connectivity index (χ3v) is 2.30. The molecular weight excluding hydrogens is 192 g/mol. The van der Waals surface area contributed by atoms with E-state index in [1.807, 2.05) is 0 Å². The van der Waals surface area contributed by atoms with Crippen LogP contribution in [-0.4, -0.2) is 16.2 Å². The summed E-state index contributed by atoms with van der Waals surface area (Å²) >= 11 is 0. The van der Waals surface area contributed by atoms with Gasteiger partial charge in [0.1, 0.15) is 11.3 Å². The molecule has 3 nitrogen and oxygen atoms in total. The Bertz CT molecular complexity index is 356. The van der Waals surface area contributed by atoms with Gasteiger partial charge >= 0.3 is 5.97 Å². The molecule has 0 saturated carbocycles. The molecule has 1 aromatic carbocycles. The number of hydrogen-bond donors (Lipinski definition) is 2. The summed E-state index contributed by atoms with van der Waals surface area (Å²) in [7, 11) is 0. The Morgan fingerprint density at radius 1 is 1.40 bits per heavy atom.